The number of nitrogens with one attached hydrogen (secondary N) is 1. The SMILES string of the molecule is CCOc1ccc(NCc2nnc(SCC(=O)N3CCN(C)CC3)n2-c2ccc(C)cc2)cc1. The highest BCUT2D eigenvalue weighted by Crippen LogP contribution is 2.24. The number of anilines is 1. The molecule has 0 bridgehead atoms. The van der Waals surface area contributed by atoms with E-state index >= 15 is 0 Å². The van der Waals surface area contributed by atoms with E-state index in [1.54, 1.807) is 0 Å². The van der Waals surface area contributed by atoms with Crippen molar-refractivity contribution in [3.63, 3.8) is 0 Å². The molecule has 1 aromatic heterocycles. The molecule has 1 saturated heterocycles. The van der Waals surface area contributed by atoms with E-state index in [4.69, 9.17) is 4.74 Å². The molecule has 0 saturated carbocycles. The summed E-state index contributed by atoms with van der Waals surface area (Å²) in [6.07, 6.45) is 0. The Bertz CT molecular complexity index is 1080. The second-order valence-corrected chi connectivity index (χ2v) is 9.30. The minimum atomic E-state index is 0.144. The molecule has 2 aromatic carbocycles. The summed E-state index contributed by atoms with van der Waals surface area (Å²) in [7, 11) is 2.09. The first-order valence-electron chi connectivity index (χ1n) is 11.6. The Morgan fingerprint density at radius 3 is 2.41 bits per heavy atom. The number of benzene rings is 2. The molecule has 0 spiro atoms. The van der Waals surface area contributed by atoms with E-state index in [2.05, 4.69) is 58.7 Å². The highest BCUT2D eigenvalue weighted by molar-refractivity contribution is 7.99. The molecule has 9 heteroatoms. The van der Waals surface area contributed by atoms with Gasteiger partial charge in [0.05, 0.1) is 18.9 Å². The average molecular weight is 481 g/mol. The lowest BCUT2D eigenvalue weighted by Gasteiger charge is -2.32. The van der Waals surface area contributed by atoms with Crippen molar-refractivity contribution < 1.29 is 9.53 Å². The van der Waals surface area contributed by atoms with Crippen LogP contribution in [0.3, 0.4) is 0 Å². The molecule has 3 aromatic rings. The summed E-state index contributed by atoms with van der Waals surface area (Å²) in [5.74, 6) is 2.12. The summed E-state index contributed by atoms with van der Waals surface area (Å²) in [4.78, 5) is 17.0. The Labute approximate surface area is 205 Å². The van der Waals surface area contributed by atoms with Gasteiger partial charge < -0.3 is 19.9 Å². The number of nitrogens with zero attached hydrogens (tertiary/aromatic N) is 5. The van der Waals surface area contributed by atoms with E-state index in [0.29, 0.717) is 18.9 Å². The van der Waals surface area contributed by atoms with E-state index in [9.17, 15) is 4.79 Å². The lowest BCUT2D eigenvalue weighted by molar-refractivity contribution is -0.129. The number of ether oxygens (including phenoxy) is 1. The van der Waals surface area contributed by atoms with E-state index in [1.165, 1.54) is 17.3 Å². The minimum absolute atomic E-state index is 0.144. The molecule has 180 valence electrons. The Hall–Kier alpha value is -3.04. The second-order valence-electron chi connectivity index (χ2n) is 8.35. The molecule has 0 atom stereocenters. The number of carbonyl (C=O) groups is 1. The Morgan fingerprint density at radius 1 is 1.03 bits per heavy atom. The molecular formula is C25H32N6O2S. The third-order valence-corrected chi connectivity index (χ3v) is 6.70. The van der Waals surface area contributed by atoms with Gasteiger partial charge in [-0.25, -0.2) is 0 Å². The Balaban J connectivity index is 1.48. The van der Waals surface area contributed by atoms with Crippen molar-refractivity contribution in [3.05, 3.63) is 59.9 Å². The highest BCUT2D eigenvalue weighted by atomic mass is 32.2. The molecule has 1 amide bonds. The smallest absolute Gasteiger partial charge is 0.233 e. The van der Waals surface area contributed by atoms with Crippen molar-refractivity contribution in [2.24, 2.45) is 0 Å². The van der Waals surface area contributed by atoms with Crippen LogP contribution in [0.5, 0.6) is 5.75 Å². The lowest BCUT2D eigenvalue weighted by Crippen LogP contribution is -2.47. The van der Waals surface area contributed by atoms with E-state index in [0.717, 1.165) is 54.3 Å². The van der Waals surface area contributed by atoms with Crippen molar-refractivity contribution >= 4 is 23.4 Å². The van der Waals surface area contributed by atoms with Gasteiger partial charge in [-0.05, 0) is 57.3 Å². The first-order chi connectivity index (χ1) is 16.5. The van der Waals surface area contributed by atoms with Gasteiger partial charge in [0, 0.05) is 37.6 Å². The fraction of sp³-hybridized carbons (Fsp3) is 0.400. The summed E-state index contributed by atoms with van der Waals surface area (Å²) < 4.78 is 7.55. The predicted molar refractivity (Wildman–Crippen MR) is 136 cm³/mol. The number of aromatic nitrogens is 3. The molecule has 34 heavy (non-hydrogen) atoms. The predicted octanol–water partition coefficient (Wildman–Crippen LogP) is 3.45. The molecule has 0 radical (unpaired) electrons. The number of carbonyl (C=O) groups excluding carboxylic acids is 1. The van der Waals surface area contributed by atoms with Crippen molar-refractivity contribution in [3.8, 4) is 11.4 Å². The minimum Gasteiger partial charge on any atom is -0.494 e. The van der Waals surface area contributed by atoms with Crippen LogP contribution in [0, 0.1) is 6.92 Å². The summed E-state index contributed by atoms with van der Waals surface area (Å²) >= 11 is 1.44. The van der Waals surface area contributed by atoms with Crippen LogP contribution >= 0.6 is 11.8 Å². The number of hydrogen-bond donors (Lipinski definition) is 1. The van der Waals surface area contributed by atoms with Gasteiger partial charge in [0.25, 0.3) is 0 Å². The van der Waals surface area contributed by atoms with E-state index in [-0.39, 0.29) is 5.91 Å². The standard InChI is InChI=1S/C25H32N6O2S/c1-4-33-22-11-7-20(8-12-22)26-17-23-27-28-25(31(23)21-9-5-19(2)6-10-21)34-18-24(32)30-15-13-29(3)14-16-30/h5-12,26H,4,13-18H2,1-3H3. The van der Waals surface area contributed by atoms with Crippen molar-refractivity contribution in [2.45, 2.75) is 25.5 Å². The van der Waals surface area contributed by atoms with Crippen LogP contribution < -0.4 is 10.1 Å². The van der Waals surface area contributed by atoms with E-state index in [1.807, 2.05) is 40.7 Å². The molecule has 0 unspecified atom stereocenters. The van der Waals surface area contributed by atoms with Gasteiger partial charge in [0.1, 0.15) is 5.75 Å². The van der Waals surface area contributed by atoms with Gasteiger partial charge in [-0.3, -0.25) is 9.36 Å². The van der Waals surface area contributed by atoms with Crippen LogP contribution in [0.4, 0.5) is 5.69 Å². The monoisotopic (exact) mass is 480 g/mol. The largest absolute Gasteiger partial charge is 0.494 e. The van der Waals surface area contributed by atoms with Gasteiger partial charge in [-0.2, -0.15) is 0 Å². The molecule has 1 fully saturated rings. The van der Waals surface area contributed by atoms with Crippen LogP contribution in [0.25, 0.3) is 5.69 Å². The van der Waals surface area contributed by atoms with E-state index < -0.39 is 0 Å². The van der Waals surface area contributed by atoms with Crippen LogP contribution in [0.1, 0.15) is 18.3 Å². The second kappa shape index (κ2) is 11.4. The molecule has 8 nitrogen and oxygen atoms in total. The summed E-state index contributed by atoms with van der Waals surface area (Å²) in [6, 6.07) is 16.1. The van der Waals surface area contributed by atoms with Crippen LogP contribution in [-0.2, 0) is 11.3 Å². The van der Waals surface area contributed by atoms with Gasteiger partial charge >= 0.3 is 0 Å². The number of piperazine rings is 1. The third kappa shape index (κ3) is 6.09. The number of likely N-dealkylation sites (N-methyl/N-ethyl adjacent to an activating group) is 1. The fourth-order valence-corrected chi connectivity index (χ4v) is 4.63. The zero-order valence-corrected chi connectivity index (χ0v) is 20.8. The maximum atomic E-state index is 12.8. The molecule has 1 aliphatic heterocycles. The topological polar surface area (TPSA) is 75.5 Å². The van der Waals surface area contributed by atoms with Crippen LogP contribution in [0.2, 0.25) is 0 Å². The number of hydrogen-bond acceptors (Lipinski definition) is 7. The summed E-state index contributed by atoms with van der Waals surface area (Å²) in [6.45, 7) is 8.56. The Kier molecular flexibility index (Phi) is 8.08. The average Bonchev–Trinajstić information content (AvgIpc) is 3.26. The summed E-state index contributed by atoms with van der Waals surface area (Å²) in [5, 5.41) is 13.0. The zero-order chi connectivity index (χ0) is 23.9. The quantitative estimate of drug-likeness (QED) is 0.470. The maximum Gasteiger partial charge on any atom is 0.233 e. The van der Waals surface area contributed by atoms with Crippen LogP contribution in [-0.4, -0.2) is 76.1 Å². The highest BCUT2D eigenvalue weighted by Gasteiger charge is 2.21. The van der Waals surface area contributed by atoms with Crippen molar-refractivity contribution in [1.82, 2.24) is 24.6 Å². The molecule has 1 N–H and O–H groups in total. The van der Waals surface area contributed by atoms with Gasteiger partial charge in [-0.15, -0.1) is 10.2 Å². The number of aryl methyl sites for hydroxylation is 1. The van der Waals surface area contributed by atoms with Gasteiger partial charge in [0.2, 0.25) is 5.91 Å². The first kappa shape index (κ1) is 24.1. The van der Waals surface area contributed by atoms with Crippen molar-refractivity contribution in [2.75, 3.05) is 50.9 Å². The number of amides is 1. The molecule has 4 rings (SSSR count). The third-order valence-electron chi connectivity index (χ3n) is 5.79. The molecule has 2 heterocycles. The summed E-state index contributed by atoms with van der Waals surface area (Å²) in [5.41, 5.74) is 3.14. The van der Waals surface area contributed by atoms with Gasteiger partial charge in [-0.1, -0.05) is 29.5 Å². The number of thioether (sulfide) groups is 1. The molecule has 0 aliphatic carbocycles. The van der Waals surface area contributed by atoms with Gasteiger partial charge in [0.15, 0.2) is 11.0 Å². The molecule has 1 aliphatic rings. The number of rotatable bonds is 9. The Morgan fingerprint density at radius 2 is 1.74 bits per heavy atom. The zero-order valence-electron chi connectivity index (χ0n) is 20.0. The van der Waals surface area contributed by atoms with Crippen LogP contribution in [0.15, 0.2) is 53.7 Å². The maximum absolute atomic E-state index is 12.8. The van der Waals surface area contributed by atoms with Crippen molar-refractivity contribution in [1.29, 1.82) is 0 Å². The normalized spacial score (nSPS) is 14.3. The molecular weight excluding hydrogens is 448 g/mol. The lowest BCUT2D eigenvalue weighted by atomic mass is 10.2. The first-order valence-corrected chi connectivity index (χ1v) is 12.6. The fourth-order valence-electron chi connectivity index (χ4n) is 3.75.